The lowest BCUT2D eigenvalue weighted by Crippen LogP contribution is -2.22. The fourth-order valence-corrected chi connectivity index (χ4v) is 3.92. The molecule has 1 aromatic heterocycles. The van der Waals surface area contributed by atoms with E-state index in [1.807, 2.05) is 0 Å². The number of rotatable bonds is 5. The SMILES string of the molecule is CCNC(C)c1c(C)nn(C2CCCC(CC)C2)c1C. The summed E-state index contributed by atoms with van der Waals surface area (Å²) in [5.41, 5.74) is 3.98. The average Bonchev–Trinajstić information content (AvgIpc) is 2.74. The van der Waals surface area contributed by atoms with Gasteiger partial charge in [0.25, 0.3) is 0 Å². The zero-order chi connectivity index (χ0) is 14.7. The van der Waals surface area contributed by atoms with E-state index >= 15 is 0 Å². The van der Waals surface area contributed by atoms with Gasteiger partial charge in [-0.2, -0.15) is 5.10 Å². The van der Waals surface area contributed by atoms with Crippen LogP contribution in [0.4, 0.5) is 0 Å². The molecule has 2 rings (SSSR count). The molecule has 0 aliphatic heterocycles. The monoisotopic (exact) mass is 277 g/mol. The first-order chi connectivity index (χ1) is 9.58. The summed E-state index contributed by atoms with van der Waals surface area (Å²) in [5, 5.41) is 8.41. The minimum Gasteiger partial charge on any atom is -0.310 e. The highest BCUT2D eigenvalue weighted by Gasteiger charge is 2.26. The molecule has 1 fully saturated rings. The van der Waals surface area contributed by atoms with E-state index in [0.717, 1.165) is 12.5 Å². The molecule has 114 valence electrons. The van der Waals surface area contributed by atoms with Crippen LogP contribution in [0.5, 0.6) is 0 Å². The van der Waals surface area contributed by atoms with Gasteiger partial charge in [-0.05, 0) is 46.1 Å². The molecule has 0 radical (unpaired) electrons. The number of hydrogen-bond donors (Lipinski definition) is 1. The molecule has 0 bridgehead atoms. The van der Waals surface area contributed by atoms with Gasteiger partial charge in [-0.1, -0.05) is 33.1 Å². The van der Waals surface area contributed by atoms with Gasteiger partial charge in [-0.25, -0.2) is 0 Å². The van der Waals surface area contributed by atoms with Crippen LogP contribution in [0.2, 0.25) is 0 Å². The van der Waals surface area contributed by atoms with E-state index in [0.29, 0.717) is 12.1 Å². The summed E-state index contributed by atoms with van der Waals surface area (Å²) in [6, 6.07) is 1.02. The number of hydrogen-bond acceptors (Lipinski definition) is 2. The Hall–Kier alpha value is -0.830. The molecule has 0 saturated heterocycles. The highest BCUT2D eigenvalue weighted by Crippen LogP contribution is 2.36. The maximum Gasteiger partial charge on any atom is 0.0644 e. The number of nitrogens with zero attached hydrogens (tertiary/aromatic N) is 2. The Balaban J connectivity index is 2.22. The molecule has 1 aliphatic carbocycles. The molecule has 3 unspecified atom stereocenters. The molecule has 0 amide bonds. The second-order valence-electron chi connectivity index (χ2n) is 6.40. The van der Waals surface area contributed by atoms with E-state index in [4.69, 9.17) is 5.10 Å². The highest BCUT2D eigenvalue weighted by molar-refractivity contribution is 5.28. The van der Waals surface area contributed by atoms with Gasteiger partial charge >= 0.3 is 0 Å². The van der Waals surface area contributed by atoms with E-state index in [-0.39, 0.29) is 0 Å². The van der Waals surface area contributed by atoms with Crippen molar-refractivity contribution in [3.63, 3.8) is 0 Å². The summed E-state index contributed by atoms with van der Waals surface area (Å²) in [6.07, 6.45) is 6.70. The summed E-state index contributed by atoms with van der Waals surface area (Å²) < 4.78 is 2.33. The molecule has 1 aromatic rings. The first-order valence-corrected chi connectivity index (χ1v) is 8.37. The molecule has 3 nitrogen and oxygen atoms in total. The van der Waals surface area contributed by atoms with Crippen molar-refractivity contribution in [2.24, 2.45) is 5.92 Å². The number of aromatic nitrogens is 2. The Bertz CT molecular complexity index is 436. The van der Waals surface area contributed by atoms with Crippen molar-refractivity contribution < 1.29 is 0 Å². The molecular weight excluding hydrogens is 246 g/mol. The van der Waals surface area contributed by atoms with Crippen LogP contribution in [-0.4, -0.2) is 16.3 Å². The van der Waals surface area contributed by atoms with Gasteiger partial charge in [0, 0.05) is 17.3 Å². The molecular formula is C17H31N3. The van der Waals surface area contributed by atoms with Crippen molar-refractivity contribution in [3.05, 3.63) is 17.0 Å². The lowest BCUT2D eigenvalue weighted by Gasteiger charge is -2.29. The third-order valence-electron chi connectivity index (χ3n) is 5.00. The van der Waals surface area contributed by atoms with Gasteiger partial charge in [0.05, 0.1) is 11.7 Å². The topological polar surface area (TPSA) is 29.9 Å². The van der Waals surface area contributed by atoms with Gasteiger partial charge in [0.2, 0.25) is 0 Å². The summed E-state index contributed by atoms with van der Waals surface area (Å²) in [6.45, 7) is 12.2. The molecule has 0 spiro atoms. The van der Waals surface area contributed by atoms with Crippen molar-refractivity contribution in [2.45, 2.75) is 78.8 Å². The van der Waals surface area contributed by atoms with Crippen LogP contribution in [0.3, 0.4) is 0 Å². The molecule has 20 heavy (non-hydrogen) atoms. The zero-order valence-corrected chi connectivity index (χ0v) is 13.9. The maximum absolute atomic E-state index is 4.88. The third kappa shape index (κ3) is 3.08. The van der Waals surface area contributed by atoms with Gasteiger partial charge in [0.1, 0.15) is 0 Å². The van der Waals surface area contributed by atoms with E-state index in [9.17, 15) is 0 Å². The van der Waals surface area contributed by atoms with Crippen LogP contribution in [0.15, 0.2) is 0 Å². The minimum atomic E-state index is 0.402. The highest BCUT2D eigenvalue weighted by atomic mass is 15.3. The largest absolute Gasteiger partial charge is 0.310 e. The third-order valence-corrected chi connectivity index (χ3v) is 5.00. The summed E-state index contributed by atoms with van der Waals surface area (Å²) in [5.74, 6) is 0.896. The second-order valence-corrected chi connectivity index (χ2v) is 6.40. The lowest BCUT2D eigenvalue weighted by molar-refractivity contribution is 0.244. The van der Waals surface area contributed by atoms with E-state index in [2.05, 4.69) is 44.6 Å². The van der Waals surface area contributed by atoms with Crippen molar-refractivity contribution in [1.29, 1.82) is 0 Å². The van der Waals surface area contributed by atoms with E-state index in [1.165, 1.54) is 49.1 Å². The summed E-state index contributed by atoms with van der Waals surface area (Å²) in [4.78, 5) is 0. The molecule has 0 aromatic carbocycles. The Morgan fingerprint density at radius 3 is 2.70 bits per heavy atom. The van der Waals surface area contributed by atoms with Crippen LogP contribution in [0.25, 0.3) is 0 Å². The average molecular weight is 277 g/mol. The number of aryl methyl sites for hydroxylation is 1. The first kappa shape index (κ1) is 15.6. The zero-order valence-electron chi connectivity index (χ0n) is 13.9. The fourth-order valence-electron chi connectivity index (χ4n) is 3.92. The Morgan fingerprint density at radius 2 is 2.05 bits per heavy atom. The molecule has 1 saturated carbocycles. The van der Waals surface area contributed by atoms with Crippen LogP contribution >= 0.6 is 0 Å². The first-order valence-electron chi connectivity index (χ1n) is 8.37. The van der Waals surface area contributed by atoms with Gasteiger partial charge in [-0.15, -0.1) is 0 Å². The predicted octanol–water partition coefficient (Wildman–Crippen LogP) is 4.31. The van der Waals surface area contributed by atoms with E-state index < -0.39 is 0 Å². The minimum absolute atomic E-state index is 0.402. The molecule has 1 heterocycles. The fraction of sp³-hybridized carbons (Fsp3) is 0.824. The Kier molecular flexibility index (Phi) is 5.25. The van der Waals surface area contributed by atoms with Gasteiger partial charge in [-0.3, -0.25) is 4.68 Å². The Labute approximate surface area is 124 Å². The van der Waals surface area contributed by atoms with Crippen LogP contribution in [0, 0.1) is 19.8 Å². The molecule has 3 atom stereocenters. The lowest BCUT2D eigenvalue weighted by atomic mass is 9.84. The molecule has 1 aliphatic rings. The van der Waals surface area contributed by atoms with Gasteiger partial charge in [0.15, 0.2) is 0 Å². The van der Waals surface area contributed by atoms with Crippen LogP contribution in [-0.2, 0) is 0 Å². The summed E-state index contributed by atoms with van der Waals surface area (Å²) in [7, 11) is 0. The normalized spacial score (nSPS) is 24.9. The quantitative estimate of drug-likeness (QED) is 0.869. The smallest absolute Gasteiger partial charge is 0.0644 e. The summed E-state index contributed by atoms with van der Waals surface area (Å²) >= 11 is 0. The van der Waals surface area contributed by atoms with E-state index in [1.54, 1.807) is 0 Å². The van der Waals surface area contributed by atoms with Crippen LogP contribution < -0.4 is 5.32 Å². The molecule has 3 heteroatoms. The Morgan fingerprint density at radius 1 is 1.30 bits per heavy atom. The standard InChI is InChI=1S/C17H31N3/c1-6-15-9-8-10-16(11-15)20-14(5)17(13(4)19-20)12(3)18-7-2/h12,15-16,18H,6-11H2,1-5H3. The van der Waals surface area contributed by atoms with Crippen molar-refractivity contribution >= 4 is 0 Å². The van der Waals surface area contributed by atoms with Gasteiger partial charge < -0.3 is 5.32 Å². The number of nitrogens with one attached hydrogen (secondary N) is 1. The van der Waals surface area contributed by atoms with Crippen molar-refractivity contribution in [2.75, 3.05) is 6.54 Å². The molecule has 1 N–H and O–H groups in total. The predicted molar refractivity (Wildman–Crippen MR) is 85.1 cm³/mol. The van der Waals surface area contributed by atoms with Crippen LogP contribution in [0.1, 0.15) is 81.9 Å². The van der Waals surface area contributed by atoms with Crippen molar-refractivity contribution in [3.8, 4) is 0 Å². The maximum atomic E-state index is 4.88. The van der Waals surface area contributed by atoms with Crippen molar-refractivity contribution in [1.82, 2.24) is 15.1 Å². The second kappa shape index (κ2) is 6.75.